The largest absolute Gasteiger partial charge is 0.490 e. The standard InChI is InChI=1S/C24H35N5O3/c1-4-31-21-9-8-19(17-22(21)32-5-2)10-12-27-24(25-3)28-18-20-7-6-11-26-23(20)29-13-15-30-16-14-29/h6-9,11,17H,4-5,10,12-16,18H2,1-3H3,(H2,25,27,28). The number of benzene rings is 1. The molecule has 32 heavy (non-hydrogen) atoms. The molecule has 174 valence electrons. The van der Waals surface area contributed by atoms with Crippen LogP contribution < -0.4 is 25.0 Å². The fourth-order valence-electron chi connectivity index (χ4n) is 3.60. The Labute approximate surface area is 191 Å². The van der Waals surface area contributed by atoms with E-state index in [1.165, 1.54) is 5.56 Å². The minimum Gasteiger partial charge on any atom is -0.490 e. The number of aliphatic imine (C=N–C) groups is 1. The predicted molar refractivity (Wildman–Crippen MR) is 128 cm³/mol. The van der Waals surface area contributed by atoms with E-state index in [0.29, 0.717) is 19.8 Å². The third-order valence-electron chi connectivity index (χ3n) is 5.16. The van der Waals surface area contributed by atoms with Gasteiger partial charge in [0.15, 0.2) is 17.5 Å². The minimum absolute atomic E-state index is 0.610. The van der Waals surface area contributed by atoms with E-state index >= 15 is 0 Å². The second kappa shape index (κ2) is 12.8. The first-order valence-corrected chi connectivity index (χ1v) is 11.3. The Balaban J connectivity index is 1.52. The summed E-state index contributed by atoms with van der Waals surface area (Å²) in [4.78, 5) is 11.2. The summed E-state index contributed by atoms with van der Waals surface area (Å²) in [6.45, 7) is 9.79. The average molecular weight is 442 g/mol. The highest BCUT2D eigenvalue weighted by Crippen LogP contribution is 2.28. The van der Waals surface area contributed by atoms with E-state index in [1.54, 1.807) is 7.05 Å². The molecule has 1 aliphatic rings. The van der Waals surface area contributed by atoms with Crippen LogP contribution in [0.5, 0.6) is 11.5 Å². The highest BCUT2D eigenvalue weighted by Gasteiger charge is 2.16. The van der Waals surface area contributed by atoms with Crippen LogP contribution in [0, 0.1) is 0 Å². The first kappa shape index (κ1) is 23.7. The SMILES string of the molecule is CCOc1ccc(CCNC(=NC)NCc2cccnc2N2CCOCC2)cc1OCC. The number of guanidine groups is 1. The number of hydrogen-bond acceptors (Lipinski definition) is 6. The molecule has 1 aromatic carbocycles. The quantitative estimate of drug-likeness (QED) is 0.433. The molecule has 0 unspecified atom stereocenters. The van der Waals surface area contributed by atoms with Gasteiger partial charge in [0, 0.05) is 45.0 Å². The average Bonchev–Trinajstić information content (AvgIpc) is 2.84. The van der Waals surface area contributed by atoms with Gasteiger partial charge in [0.1, 0.15) is 5.82 Å². The van der Waals surface area contributed by atoms with Gasteiger partial charge in [-0.25, -0.2) is 4.98 Å². The molecule has 3 rings (SSSR count). The second-order valence-electron chi connectivity index (χ2n) is 7.34. The molecule has 0 spiro atoms. The Morgan fingerprint density at radius 3 is 2.62 bits per heavy atom. The maximum absolute atomic E-state index is 5.73. The molecule has 8 heteroatoms. The van der Waals surface area contributed by atoms with Gasteiger partial charge in [-0.2, -0.15) is 0 Å². The van der Waals surface area contributed by atoms with E-state index in [2.05, 4.69) is 43.7 Å². The zero-order chi connectivity index (χ0) is 22.6. The van der Waals surface area contributed by atoms with Crippen molar-refractivity contribution in [2.45, 2.75) is 26.8 Å². The molecule has 2 heterocycles. The molecular formula is C24H35N5O3. The third-order valence-corrected chi connectivity index (χ3v) is 5.16. The molecule has 0 amide bonds. The second-order valence-corrected chi connectivity index (χ2v) is 7.34. The van der Waals surface area contributed by atoms with Crippen molar-refractivity contribution in [2.24, 2.45) is 4.99 Å². The highest BCUT2D eigenvalue weighted by atomic mass is 16.5. The summed E-state index contributed by atoms with van der Waals surface area (Å²) in [5, 5.41) is 6.80. The van der Waals surface area contributed by atoms with Crippen molar-refractivity contribution in [2.75, 3.05) is 58.0 Å². The van der Waals surface area contributed by atoms with Crippen LogP contribution in [0.15, 0.2) is 41.5 Å². The predicted octanol–water partition coefficient (Wildman–Crippen LogP) is 2.62. The van der Waals surface area contributed by atoms with Gasteiger partial charge in [0.2, 0.25) is 0 Å². The Hall–Kier alpha value is -3.00. The molecule has 1 saturated heterocycles. The summed E-state index contributed by atoms with van der Waals surface area (Å²) in [6, 6.07) is 10.2. The number of nitrogens with zero attached hydrogens (tertiary/aromatic N) is 3. The maximum atomic E-state index is 5.73. The Bertz CT molecular complexity index is 868. The summed E-state index contributed by atoms with van der Waals surface area (Å²) in [5.41, 5.74) is 2.33. The first-order chi connectivity index (χ1) is 15.7. The van der Waals surface area contributed by atoms with Crippen LogP contribution in [-0.4, -0.2) is 64.1 Å². The van der Waals surface area contributed by atoms with Gasteiger partial charge in [-0.15, -0.1) is 0 Å². The molecule has 1 fully saturated rings. The van der Waals surface area contributed by atoms with Gasteiger partial charge in [-0.3, -0.25) is 4.99 Å². The molecule has 2 N–H and O–H groups in total. The van der Waals surface area contributed by atoms with E-state index in [9.17, 15) is 0 Å². The van der Waals surface area contributed by atoms with Crippen LogP contribution in [0.4, 0.5) is 5.82 Å². The van der Waals surface area contributed by atoms with Crippen molar-refractivity contribution in [3.05, 3.63) is 47.7 Å². The zero-order valence-corrected chi connectivity index (χ0v) is 19.4. The number of ether oxygens (including phenoxy) is 3. The van der Waals surface area contributed by atoms with Crippen molar-refractivity contribution in [1.29, 1.82) is 0 Å². The summed E-state index contributed by atoms with van der Waals surface area (Å²) in [5.74, 6) is 3.35. The molecular weight excluding hydrogens is 406 g/mol. The molecule has 2 aromatic rings. The third kappa shape index (κ3) is 6.75. The van der Waals surface area contributed by atoms with Gasteiger partial charge in [0.05, 0.1) is 26.4 Å². The van der Waals surface area contributed by atoms with Crippen molar-refractivity contribution < 1.29 is 14.2 Å². The number of hydrogen-bond donors (Lipinski definition) is 2. The topological polar surface area (TPSA) is 80.2 Å². The van der Waals surface area contributed by atoms with E-state index in [1.807, 2.05) is 32.2 Å². The molecule has 1 aromatic heterocycles. The van der Waals surface area contributed by atoms with Crippen LogP contribution in [-0.2, 0) is 17.7 Å². The Kier molecular flexibility index (Phi) is 9.43. The van der Waals surface area contributed by atoms with Crippen molar-refractivity contribution in [3.8, 4) is 11.5 Å². The van der Waals surface area contributed by atoms with E-state index in [0.717, 1.165) is 68.1 Å². The van der Waals surface area contributed by atoms with Crippen LogP contribution in [0.25, 0.3) is 0 Å². The van der Waals surface area contributed by atoms with Gasteiger partial charge >= 0.3 is 0 Å². The molecule has 0 aliphatic carbocycles. The minimum atomic E-state index is 0.610. The first-order valence-electron chi connectivity index (χ1n) is 11.3. The summed E-state index contributed by atoms with van der Waals surface area (Å²) < 4.78 is 16.8. The number of anilines is 1. The monoisotopic (exact) mass is 441 g/mol. The molecule has 1 aliphatic heterocycles. The summed E-state index contributed by atoms with van der Waals surface area (Å²) in [7, 11) is 1.78. The fourth-order valence-corrected chi connectivity index (χ4v) is 3.60. The lowest BCUT2D eigenvalue weighted by Crippen LogP contribution is -2.40. The molecule has 0 atom stereocenters. The number of nitrogens with one attached hydrogen (secondary N) is 2. The smallest absolute Gasteiger partial charge is 0.191 e. The fraction of sp³-hybridized carbons (Fsp3) is 0.500. The van der Waals surface area contributed by atoms with Gasteiger partial charge in [-0.1, -0.05) is 12.1 Å². The van der Waals surface area contributed by atoms with Gasteiger partial charge < -0.3 is 29.7 Å². The van der Waals surface area contributed by atoms with Crippen LogP contribution >= 0.6 is 0 Å². The van der Waals surface area contributed by atoms with Crippen molar-refractivity contribution >= 4 is 11.8 Å². The normalized spacial score (nSPS) is 14.2. The molecule has 8 nitrogen and oxygen atoms in total. The Morgan fingerprint density at radius 1 is 1.09 bits per heavy atom. The molecule has 0 radical (unpaired) electrons. The van der Waals surface area contributed by atoms with E-state index in [4.69, 9.17) is 14.2 Å². The van der Waals surface area contributed by atoms with E-state index in [-0.39, 0.29) is 0 Å². The van der Waals surface area contributed by atoms with Gasteiger partial charge in [0.25, 0.3) is 0 Å². The van der Waals surface area contributed by atoms with Gasteiger partial charge in [-0.05, 0) is 44.0 Å². The summed E-state index contributed by atoms with van der Waals surface area (Å²) >= 11 is 0. The highest BCUT2D eigenvalue weighted by molar-refractivity contribution is 5.79. The number of rotatable bonds is 10. The number of pyridine rings is 1. The summed E-state index contributed by atoms with van der Waals surface area (Å²) in [6.07, 6.45) is 2.69. The van der Waals surface area contributed by atoms with Crippen LogP contribution in [0.3, 0.4) is 0 Å². The zero-order valence-electron chi connectivity index (χ0n) is 19.4. The number of aromatic nitrogens is 1. The lowest BCUT2D eigenvalue weighted by Gasteiger charge is -2.29. The maximum Gasteiger partial charge on any atom is 0.191 e. The van der Waals surface area contributed by atoms with Crippen LogP contribution in [0.1, 0.15) is 25.0 Å². The molecule has 0 saturated carbocycles. The van der Waals surface area contributed by atoms with Crippen LogP contribution in [0.2, 0.25) is 0 Å². The number of morpholine rings is 1. The Morgan fingerprint density at radius 2 is 1.88 bits per heavy atom. The lowest BCUT2D eigenvalue weighted by molar-refractivity contribution is 0.122. The van der Waals surface area contributed by atoms with Crippen molar-refractivity contribution in [3.63, 3.8) is 0 Å². The molecule has 0 bridgehead atoms. The van der Waals surface area contributed by atoms with E-state index < -0.39 is 0 Å². The lowest BCUT2D eigenvalue weighted by atomic mass is 10.1. The van der Waals surface area contributed by atoms with Crippen molar-refractivity contribution in [1.82, 2.24) is 15.6 Å².